The third-order valence-electron chi connectivity index (χ3n) is 4.54. The number of pyridine rings is 1. The first-order chi connectivity index (χ1) is 13.2. The van der Waals surface area contributed by atoms with Crippen LogP contribution in [0.1, 0.15) is 17.4 Å². The fraction of sp³-hybridized carbons (Fsp3) is 0.182. The second-order valence-corrected chi connectivity index (χ2v) is 6.20. The minimum Gasteiger partial charge on any atom is -0.461 e. The predicted molar refractivity (Wildman–Crippen MR) is 106 cm³/mol. The van der Waals surface area contributed by atoms with Crippen LogP contribution in [0.5, 0.6) is 0 Å². The highest BCUT2D eigenvalue weighted by molar-refractivity contribution is 6.13. The van der Waals surface area contributed by atoms with E-state index in [4.69, 9.17) is 9.47 Å². The number of hydrogen-bond donors (Lipinski definition) is 0. The number of rotatable bonds is 5. The van der Waals surface area contributed by atoms with E-state index in [2.05, 4.69) is 9.55 Å². The molecule has 0 bridgehead atoms. The molecule has 2 heterocycles. The lowest BCUT2D eigenvalue weighted by Gasteiger charge is -2.11. The van der Waals surface area contributed by atoms with Gasteiger partial charge in [-0.25, -0.2) is 9.78 Å². The van der Waals surface area contributed by atoms with Gasteiger partial charge in [-0.2, -0.15) is 0 Å². The molecule has 0 amide bonds. The van der Waals surface area contributed by atoms with Crippen LogP contribution in [0.4, 0.5) is 0 Å². The molecule has 0 atom stereocenters. The molecule has 2 aromatic carbocycles. The number of para-hydroxylation sites is 1. The van der Waals surface area contributed by atoms with E-state index in [-0.39, 0.29) is 0 Å². The van der Waals surface area contributed by atoms with Crippen molar-refractivity contribution in [2.75, 3.05) is 13.7 Å². The number of methoxy groups -OCH3 is 1. The molecule has 5 heteroatoms. The molecule has 0 N–H and O–H groups in total. The summed E-state index contributed by atoms with van der Waals surface area (Å²) in [4.78, 5) is 17.1. The van der Waals surface area contributed by atoms with Crippen LogP contribution in [0.3, 0.4) is 0 Å². The van der Waals surface area contributed by atoms with E-state index >= 15 is 0 Å². The van der Waals surface area contributed by atoms with Crippen molar-refractivity contribution in [2.45, 2.75) is 13.7 Å². The number of benzene rings is 2. The number of carbonyl (C=O) groups is 1. The SMILES string of the molecule is CCOC(=O)c1cc2c3ccccc3n(COC)c2c(-c2ccccc2)n1. The lowest BCUT2D eigenvalue weighted by molar-refractivity contribution is 0.0520. The van der Waals surface area contributed by atoms with Crippen LogP contribution in [0.25, 0.3) is 33.1 Å². The maximum absolute atomic E-state index is 12.4. The first kappa shape index (κ1) is 17.2. The summed E-state index contributed by atoms with van der Waals surface area (Å²) in [5.74, 6) is -0.417. The Kier molecular flexibility index (Phi) is 4.60. The maximum atomic E-state index is 12.4. The molecule has 0 unspecified atom stereocenters. The topological polar surface area (TPSA) is 53.4 Å². The van der Waals surface area contributed by atoms with Gasteiger partial charge in [0, 0.05) is 23.4 Å². The minimum absolute atomic E-state index is 0.309. The molecule has 2 aromatic heterocycles. The Balaban J connectivity index is 2.12. The lowest BCUT2D eigenvalue weighted by atomic mass is 10.1. The fourth-order valence-electron chi connectivity index (χ4n) is 3.44. The van der Waals surface area contributed by atoms with Gasteiger partial charge in [-0.3, -0.25) is 0 Å². The van der Waals surface area contributed by atoms with E-state index in [1.807, 2.05) is 60.7 Å². The Morgan fingerprint density at radius 3 is 2.52 bits per heavy atom. The molecule has 0 saturated carbocycles. The standard InChI is InChI=1S/C22H20N2O3/c1-3-27-22(25)18-13-17-16-11-7-8-12-19(16)24(14-26-2)21(17)20(23-18)15-9-5-4-6-10-15/h4-13H,3,14H2,1-2H3. The zero-order valence-electron chi connectivity index (χ0n) is 15.3. The van der Waals surface area contributed by atoms with Crippen molar-refractivity contribution in [2.24, 2.45) is 0 Å². The van der Waals surface area contributed by atoms with Crippen LogP contribution in [-0.4, -0.2) is 29.2 Å². The first-order valence-corrected chi connectivity index (χ1v) is 8.88. The number of ether oxygens (including phenoxy) is 2. The van der Waals surface area contributed by atoms with Crippen molar-refractivity contribution in [1.82, 2.24) is 9.55 Å². The lowest BCUT2D eigenvalue weighted by Crippen LogP contribution is -2.09. The highest BCUT2D eigenvalue weighted by atomic mass is 16.5. The zero-order valence-corrected chi connectivity index (χ0v) is 15.3. The summed E-state index contributed by atoms with van der Waals surface area (Å²) in [5.41, 5.74) is 3.97. The summed E-state index contributed by atoms with van der Waals surface area (Å²) in [6.07, 6.45) is 0. The van der Waals surface area contributed by atoms with Crippen LogP contribution in [0.2, 0.25) is 0 Å². The first-order valence-electron chi connectivity index (χ1n) is 8.88. The van der Waals surface area contributed by atoms with Crippen molar-refractivity contribution in [1.29, 1.82) is 0 Å². The Morgan fingerprint density at radius 2 is 1.78 bits per heavy atom. The Labute approximate surface area is 157 Å². The van der Waals surface area contributed by atoms with Crippen LogP contribution in [-0.2, 0) is 16.2 Å². The van der Waals surface area contributed by atoms with Crippen molar-refractivity contribution >= 4 is 27.8 Å². The molecule has 0 aliphatic rings. The van der Waals surface area contributed by atoms with E-state index in [1.54, 1.807) is 14.0 Å². The largest absolute Gasteiger partial charge is 0.461 e. The number of hydrogen-bond acceptors (Lipinski definition) is 4. The molecule has 0 saturated heterocycles. The van der Waals surface area contributed by atoms with Gasteiger partial charge in [0.2, 0.25) is 0 Å². The number of aromatic nitrogens is 2. The monoisotopic (exact) mass is 360 g/mol. The molecule has 0 aliphatic carbocycles. The van der Waals surface area contributed by atoms with Gasteiger partial charge < -0.3 is 14.0 Å². The third kappa shape index (κ3) is 2.96. The maximum Gasteiger partial charge on any atom is 0.356 e. The molecule has 5 nitrogen and oxygen atoms in total. The van der Waals surface area contributed by atoms with Crippen LogP contribution < -0.4 is 0 Å². The van der Waals surface area contributed by atoms with E-state index in [9.17, 15) is 4.79 Å². The van der Waals surface area contributed by atoms with E-state index in [1.165, 1.54) is 0 Å². The summed E-state index contributed by atoms with van der Waals surface area (Å²) in [7, 11) is 1.67. The van der Waals surface area contributed by atoms with Crippen LogP contribution >= 0.6 is 0 Å². The summed E-state index contributed by atoms with van der Waals surface area (Å²) in [6, 6.07) is 19.8. The molecule has 4 aromatic rings. The number of carbonyl (C=O) groups excluding carboxylic acids is 1. The minimum atomic E-state index is -0.417. The van der Waals surface area contributed by atoms with Gasteiger partial charge in [0.05, 0.1) is 23.3 Å². The Bertz CT molecular complexity index is 1120. The summed E-state index contributed by atoms with van der Waals surface area (Å²) < 4.78 is 12.7. The van der Waals surface area contributed by atoms with Gasteiger partial charge >= 0.3 is 5.97 Å². The molecule has 4 rings (SSSR count). The van der Waals surface area contributed by atoms with Crippen LogP contribution in [0.15, 0.2) is 60.7 Å². The summed E-state index contributed by atoms with van der Waals surface area (Å²) >= 11 is 0. The van der Waals surface area contributed by atoms with E-state index in [0.717, 1.165) is 33.1 Å². The van der Waals surface area contributed by atoms with Crippen molar-refractivity contribution < 1.29 is 14.3 Å². The average Bonchev–Trinajstić information content (AvgIpc) is 3.03. The number of fused-ring (bicyclic) bond motifs is 3. The van der Waals surface area contributed by atoms with E-state index < -0.39 is 5.97 Å². The van der Waals surface area contributed by atoms with Crippen molar-refractivity contribution in [3.05, 3.63) is 66.4 Å². The van der Waals surface area contributed by atoms with Crippen molar-refractivity contribution in [3.8, 4) is 11.3 Å². The van der Waals surface area contributed by atoms with Gasteiger partial charge in [-0.15, -0.1) is 0 Å². The van der Waals surface area contributed by atoms with Gasteiger partial charge in [0.1, 0.15) is 12.4 Å². The summed E-state index contributed by atoms with van der Waals surface area (Å²) in [5, 5.41) is 2.01. The quantitative estimate of drug-likeness (QED) is 0.487. The molecule has 27 heavy (non-hydrogen) atoms. The normalized spacial score (nSPS) is 11.2. The van der Waals surface area contributed by atoms with E-state index in [0.29, 0.717) is 19.0 Å². The molecule has 0 spiro atoms. The highest BCUT2D eigenvalue weighted by Gasteiger charge is 2.20. The predicted octanol–water partition coefficient (Wildman–Crippen LogP) is 4.64. The smallest absolute Gasteiger partial charge is 0.356 e. The van der Waals surface area contributed by atoms with Crippen molar-refractivity contribution in [3.63, 3.8) is 0 Å². The number of esters is 1. The second kappa shape index (κ2) is 7.21. The fourth-order valence-corrected chi connectivity index (χ4v) is 3.44. The summed E-state index contributed by atoms with van der Waals surface area (Å²) in [6.45, 7) is 2.49. The van der Waals surface area contributed by atoms with Gasteiger partial charge in [-0.1, -0.05) is 48.5 Å². The molecule has 0 aliphatic heterocycles. The van der Waals surface area contributed by atoms with Crippen LogP contribution in [0, 0.1) is 0 Å². The molecule has 0 radical (unpaired) electrons. The molecule has 0 fully saturated rings. The van der Waals surface area contributed by atoms with Gasteiger partial charge in [-0.05, 0) is 19.1 Å². The van der Waals surface area contributed by atoms with Gasteiger partial charge in [0.15, 0.2) is 0 Å². The molecular formula is C22H20N2O3. The number of nitrogens with zero attached hydrogens (tertiary/aromatic N) is 2. The molecular weight excluding hydrogens is 340 g/mol. The molecule has 136 valence electrons. The zero-order chi connectivity index (χ0) is 18.8. The Hall–Kier alpha value is -3.18. The highest BCUT2D eigenvalue weighted by Crippen LogP contribution is 2.35. The third-order valence-corrected chi connectivity index (χ3v) is 4.54. The van der Waals surface area contributed by atoms with Gasteiger partial charge in [0.25, 0.3) is 0 Å². The second-order valence-electron chi connectivity index (χ2n) is 6.20. The average molecular weight is 360 g/mol. The Morgan fingerprint density at radius 1 is 1.04 bits per heavy atom.